The smallest absolute Gasteiger partial charge is 0.336 e. The third-order valence-electron chi connectivity index (χ3n) is 12.3. The fraction of sp³-hybridized carbons (Fsp3) is 0.703. The van der Waals surface area contributed by atoms with Crippen molar-refractivity contribution in [3.05, 3.63) is 39.7 Å². The van der Waals surface area contributed by atoms with E-state index < -0.39 is 106 Å². The van der Waals surface area contributed by atoms with Crippen LogP contribution in [-0.2, 0) is 42.3 Å². The lowest BCUT2D eigenvalue weighted by molar-refractivity contribution is -0.118. The Bertz CT molecular complexity index is 2500. The van der Waals surface area contributed by atoms with Crippen LogP contribution in [0.2, 0.25) is 36.3 Å². The van der Waals surface area contributed by atoms with Crippen LogP contribution in [-0.4, -0.2) is 127 Å². The number of ether oxygens (including phenoxy) is 3. The second kappa shape index (κ2) is 17.3. The summed E-state index contributed by atoms with van der Waals surface area (Å²) in [7, 11) is -8.46. The third kappa shape index (κ3) is 9.51. The van der Waals surface area contributed by atoms with Crippen molar-refractivity contribution in [3.63, 3.8) is 0 Å². The molecule has 0 aliphatic carbocycles. The highest BCUT2D eigenvalue weighted by Gasteiger charge is 2.53. The van der Waals surface area contributed by atoms with Crippen LogP contribution in [0.15, 0.2) is 28.6 Å². The molecule has 2 fully saturated rings. The van der Waals surface area contributed by atoms with Gasteiger partial charge >= 0.3 is 10.3 Å². The fourth-order valence-electron chi connectivity index (χ4n) is 6.59. The Balaban J connectivity index is 1.32. The summed E-state index contributed by atoms with van der Waals surface area (Å²) < 4.78 is 87.5. The molecule has 6 heterocycles. The molecular formula is C37H59FN10O11SSi2. The number of carbonyl (C=O) groups is 1. The molecular weight excluding hydrogens is 868 g/mol. The van der Waals surface area contributed by atoms with E-state index in [9.17, 15) is 22.8 Å². The van der Waals surface area contributed by atoms with Crippen molar-refractivity contribution in [3.8, 4) is 0 Å². The van der Waals surface area contributed by atoms with Gasteiger partial charge < -0.3 is 28.0 Å². The number of aromatic nitrogens is 8. The van der Waals surface area contributed by atoms with Gasteiger partial charge in [0, 0.05) is 13.0 Å². The zero-order chi connectivity index (χ0) is 45.9. The number of halogens is 1. The molecule has 4 aromatic heterocycles. The number of hydrogen-bond donors (Lipinski definition) is 4. The molecule has 0 bridgehead atoms. The normalized spacial score (nSPS) is 25.4. The zero-order valence-electron chi connectivity index (χ0n) is 37.3. The molecule has 344 valence electrons. The van der Waals surface area contributed by atoms with Crippen molar-refractivity contribution < 1.29 is 44.8 Å². The number of nitrogens with zero attached hydrogens (tertiary/aromatic N) is 6. The molecule has 21 nitrogen and oxygen atoms in total. The lowest BCUT2D eigenvalue weighted by Crippen LogP contribution is -2.51. The molecule has 0 radical (unpaired) electrons. The predicted molar refractivity (Wildman–Crippen MR) is 230 cm³/mol. The Morgan fingerprint density at radius 3 is 2.06 bits per heavy atom. The molecule has 4 N–H and O–H groups in total. The number of rotatable bonds is 15. The van der Waals surface area contributed by atoms with E-state index in [2.05, 4.69) is 73.8 Å². The number of anilines is 1. The van der Waals surface area contributed by atoms with E-state index in [0.717, 1.165) is 6.33 Å². The summed E-state index contributed by atoms with van der Waals surface area (Å²) >= 11 is 0. The van der Waals surface area contributed by atoms with Gasteiger partial charge in [0.15, 0.2) is 57.6 Å². The SMILES string of the molecule is CO[C@H]1[C@@H](NS(=O)(=O)OC[C@H]2O[C@@H](n3cnc4c(=O)[nH]cnc43)[C@H](F)C2O[Si](C)(C)C(C)(C)C)[C@H](n2cnc3c(=O)[nH]c(NC(=O)C(C)C)nc32)O[C@@H]1CO[Si](C)(C)C(C)(C)C. The average Bonchev–Trinajstić information content (AvgIpc) is 3.93. The number of carbonyl (C=O) groups excluding carboxylic acids is 1. The first kappa shape index (κ1) is 47.7. The molecule has 2 aliphatic heterocycles. The van der Waals surface area contributed by atoms with Crippen molar-refractivity contribution in [2.24, 2.45) is 5.92 Å². The quantitative estimate of drug-likeness (QED) is 0.124. The molecule has 4 aromatic rings. The van der Waals surface area contributed by atoms with Gasteiger partial charge in [-0.25, -0.2) is 19.3 Å². The second-order valence-electron chi connectivity index (χ2n) is 19.0. The third-order valence-corrected chi connectivity index (χ3v) is 22.3. The first-order chi connectivity index (χ1) is 28.7. The highest BCUT2D eigenvalue weighted by molar-refractivity contribution is 7.84. The van der Waals surface area contributed by atoms with Crippen LogP contribution in [0.1, 0.15) is 67.8 Å². The Labute approximate surface area is 360 Å². The van der Waals surface area contributed by atoms with Crippen molar-refractivity contribution in [2.45, 2.75) is 141 Å². The van der Waals surface area contributed by atoms with Gasteiger partial charge in [0.25, 0.3) is 11.1 Å². The van der Waals surface area contributed by atoms with Crippen LogP contribution in [0.3, 0.4) is 0 Å². The number of alkyl halides is 1. The standard InChI is InChI=1S/C37H59FN10O11SSi2/c1-19(2)30(49)44-35-43-29-25(32(51)45-35)42-18-48(29)34-23(27(54-9)21(58-34)15-56-61(10,11)36(3,4)5)46-60(52,53)55-14-20-26(59-62(12,13)37(6,7)8)22(38)33(57-20)47-17-41-24-28(47)39-16-40-31(24)50/h16-23,26-27,33-34,46H,14-15H2,1-13H3,(H,39,40,50)(H2,43,44,45,49,51)/t20-,21-,22-,23-,26?,27-,33-,34-/m1/s1. The Morgan fingerprint density at radius 2 is 1.47 bits per heavy atom. The van der Waals surface area contributed by atoms with Crippen LogP contribution in [0, 0.1) is 5.92 Å². The van der Waals surface area contributed by atoms with Gasteiger partial charge in [-0.3, -0.25) is 38.0 Å². The topological polar surface area (TPSA) is 258 Å². The number of fused-ring (bicyclic) bond motifs is 2. The van der Waals surface area contributed by atoms with Crippen molar-refractivity contribution in [1.82, 2.24) is 43.8 Å². The molecule has 6 rings (SSSR count). The highest BCUT2D eigenvalue weighted by Crippen LogP contribution is 2.43. The minimum Gasteiger partial charge on any atom is -0.414 e. The van der Waals surface area contributed by atoms with Crippen LogP contribution in [0.25, 0.3) is 22.3 Å². The molecule has 0 aromatic carbocycles. The summed E-state index contributed by atoms with van der Waals surface area (Å²) in [6.07, 6.45) is -5.26. The van der Waals surface area contributed by atoms with E-state index >= 15 is 4.39 Å². The largest absolute Gasteiger partial charge is 0.414 e. The van der Waals surface area contributed by atoms with Gasteiger partial charge in [-0.1, -0.05) is 55.4 Å². The van der Waals surface area contributed by atoms with Gasteiger partial charge in [-0.05, 0) is 36.3 Å². The van der Waals surface area contributed by atoms with Crippen LogP contribution >= 0.6 is 0 Å². The molecule has 2 saturated heterocycles. The first-order valence-corrected chi connectivity index (χ1v) is 27.5. The monoisotopic (exact) mass is 926 g/mol. The molecule has 1 unspecified atom stereocenters. The molecule has 1 amide bonds. The van der Waals surface area contributed by atoms with Gasteiger partial charge in [-0.15, -0.1) is 0 Å². The summed E-state index contributed by atoms with van der Waals surface area (Å²) in [6, 6.07) is -1.25. The minimum atomic E-state index is -4.77. The van der Waals surface area contributed by atoms with Crippen LogP contribution in [0.4, 0.5) is 10.3 Å². The summed E-state index contributed by atoms with van der Waals surface area (Å²) in [6.45, 7) is 22.8. The maximum atomic E-state index is 16.7. The lowest BCUT2D eigenvalue weighted by Gasteiger charge is -2.39. The number of amides is 1. The number of methoxy groups -OCH3 is 1. The molecule has 2 aliphatic rings. The average molecular weight is 927 g/mol. The molecule has 0 spiro atoms. The highest BCUT2D eigenvalue weighted by atomic mass is 32.2. The second-order valence-corrected chi connectivity index (χ2v) is 30.0. The first-order valence-electron chi connectivity index (χ1n) is 20.3. The predicted octanol–water partition coefficient (Wildman–Crippen LogP) is 3.63. The maximum Gasteiger partial charge on any atom is 0.336 e. The number of nitrogens with one attached hydrogen (secondary N) is 4. The molecule has 8 atom stereocenters. The van der Waals surface area contributed by atoms with E-state index in [1.807, 2.05) is 33.9 Å². The van der Waals surface area contributed by atoms with Crippen molar-refractivity contribution >= 4 is 61.1 Å². The number of aromatic amines is 2. The van der Waals surface area contributed by atoms with Crippen LogP contribution < -0.4 is 21.2 Å². The number of hydrogen-bond acceptors (Lipinski definition) is 15. The maximum absolute atomic E-state index is 16.7. The van der Waals surface area contributed by atoms with Gasteiger partial charge in [0.05, 0.1) is 38.2 Å². The van der Waals surface area contributed by atoms with Crippen molar-refractivity contribution in [2.75, 3.05) is 25.6 Å². The summed E-state index contributed by atoms with van der Waals surface area (Å²) in [5.41, 5.74) is -1.28. The zero-order valence-corrected chi connectivity index (χ0v) is 40.1. The molecule has 25 heteroatoms. The molecule has 62 heavy (non-hydrogen) atoms. The Kier molecular flexibility index (Phi) is 13.3. The van der Waals surface area contributed by atoms with E-state index in [4.69, 9.17) is 27.2 Å². The van der Waals surface area contributed by atoms with E-state index in [1.54, 1.807) is 13.8 Å². The van der Waals surface area contributed by atoms with E-state index in [1.165, 1.54) is 28.9 Å². The molecule has 0 saturated carbocycles. The van der Waals surface area contributed by atoms with E-state index in [0.29, 0.717) is 0 Å². The fourth-order valence-corrected chi connectivity index (χ4v) is 9.88. The summed E-state index contributed by atoms with van der Waals surface area (Å²) in [4.78, 5) is 60.1. The van der Waals surface area contributed by atoms with Crippen LogP contribution in [0.5, 0.6) is 0 Å². The lowest BCUT2D eigenvalue weighted by atomic mass is 10.1. The van der Waals surface area contributed by atoms with Gasteiger partial charge in [0.2, 0.25) is 11.9 Å². The summed E-state index contributed by atoms with van der Waals surface area (Å²) in [5, 5.41) is 2.04. The van der Waals surface area contributed by atoms with Gasteiger partial charge in [-0.2, -0.15) is 18.1 Å². The minimum absolute atomic E-state index is 0.0164. The Morgan fingerprint density at radius 1 is 0.887 bits per heavy atom. The number of imidazole rings is 2. The van der Waals surface area contributed by atoms with E-state index in [-0.39, 0.29) is 45.0 Å². The summed E-state index contributed by atoms with van der Waals surface area (Å²) in [5.74, 6) is -0.982. The van der Waals surface area contributed by atoms with Gasteiger partial charge in [0.1, 0.15) is 24.4 Å². The van der Waals surface area contributed by atoms with Crippen molar-refractivity contribution in [1.29, 1.82) is 0 Å². The Hall–Kier alpha value is -3.80. The number of H-pyrrole nitrogens is 2.